The number of carbonyl (C=O) groups excluding carboxylic acids is 1. The molecule has 2 N–H and O–H groups in total. The second kappa shape index (κ2) is 29.8. The number of aliphatic hydroxyl groups is 1. The molecule has 3 atom stereocenters. The van der Waals surface area contributed by atoms with Crippen LogP contribution >= 0.6 is 7.82 Å². The molecule has 0 aliphatic heterocycles. The number of rotatable bonds is 29. The lowest BCUT2D eigenvalue weighted by Crippen LogP contribution is -2.45. The van der Waals surface area contributed by atoms with Gasteiger partial charge < -0.3 is 28.8 Å². The third kappa shape index (κ3) is 32.0. The lowest BCUT2D eigenvalue weighted by Gasteiger charge is -2.29. The highest BCUT2D eigenvalue weighted by Crippen LogP contribution is 2.38. The Bertz CT molecular complexity index is 1040. The quantitative estimate of drug-likeness (QED) is 0.0359. The molecule has 0 spiro atoms. The Morgan fingerprint density at radius 2 is 1.28 bits per heavy atom. The van der Waals surface area contributed by atoms with Crippen molar-refractivity contribution >= 4 is 13.7 Å². The Balaban J connectivity index is 4.83. The van der Waals surface area contributed by atoms with Gasteiger partial charge >= 0.3 is 0 Å². The number of nitrogens with one attached hydrogen (secondary N) is 1. The first kappa shape index (κ1) is 44.7. The third-order valence-electron chi connectivity index (χ3n) is 6.83. The number of quaternary nitrogens is 1. The fraction of sp³-hybridized carbons (Fsp3) is 0.605. The molecule has 0 aliphatic carbocycles. The molecule has 0 radical (unpaired) electrons. The van der Waals surface area contributed by atoms with Gasteiger partial charge in [-0.3, -0.25) is 9.36 Å². The van der Waals surface area contributed by atoms with Crippen LogP contribution in [0.4, 0.5) is 0 Å². The molecule has 0 aromatic carbocycles. The van der Waals surface area contributed by atoms with Crippen LogP contribution < -0.4 is 10.2 Å². The van der Waals surface area contributed by atoms with Crippen LogP contribution in [0.1, 0.15) is 97.3 Å². The number of phosphoric acid groups is 1. The van der Waals surface area contributed by atoms with Crippen LogP contribution in [0, 0.1) is 0 Å². The van der Waals surface area contributed by atoms with Gasteiger partial charge in [0.2, 0.25) is 5.91 Å². The highest BCUT2D eigenvalue weighted by atomic mass is 31.2. The van der Waals surface area contributed by atoms with Gasteiger partial charge in [-0.05, 0) is 64.2 Å². The number of amides is 1. The standard InChI is InChI=1S/C38H65N2O6P/c1-6-8-10-12-14-16-18-20-22-24-26-28-30-32-38(42)39-36(35-46-47(43,44)45-34-33-40(3,4)5)37(41)31-29-27-25-23-21-19-17-15-13-11-9-7-2/h8,10,13-16,20-23,26,28-29,31,36-37,41H,6-7,9,11-12,17-19,24-25,27,30,32-35H2,1-5H3,(H-,39,42,43,44)/b10-8-,15-13+,16-14-,22-20-,23-21+,28-26-,31-29+. The van der Waals surface area contributed by atoms with Crippen LogP contribution in [0.15, 0.2) is 85.1 Å². The molecule has 0 heterocycles. The molecule has 0 aromatic heterocycles. The molecule has 0 bridgehead atoms. The number of carbonyl (C=O) groups is 1. The van der Waals surface area contributed by atoms with Crippen molar-refractivity contribution in [2.24, 2.45) is 0 Å². The molecule has 0 aliphatic rings. The van der Waals surface area contributed by atoms with Crippen LogP contribution in [0.2, 0.25) is 0 Å². The maximum Gasteiger partial charge on any atom is 0.268 e. The van der Waals surface area contributed by atoms with E-state index >= 15 is 0 Å². The number of allylic oxidation sites excluding steroid dienone is 13. The number of hydrogen-bond acceptors (Lipinski definition) is 6. The van der Waals surface area contributed by atoms with Crippen molar-refractivity contribution in [3.63, 3.8) is 0 Å². The van der Waals surface area contributed by atoms with Crippen LogP contribution in [-0.2, 0) is 18.4 Å². The number of likely N-dealkylation sites (N-methyl/N-ethyl adjacent to an activating group) is 1. The van der Waals surface area contributed by atoms with Crippen molar-refractivity contribution in [3.05, 3.63) is 85.1 Å². The fourth-order valence-electron chi connectivity index (χ4n) is 4.00. The zero-order valence-corrected chi connectivity index (χ0v) is 30.8. The molecule has 3 unspecified atom stereocenters. The van der Waals surface area contributed by atoms with Gasteiger partial charge in [-0.2, -0.15) is 0 Å². The van der Waals surface area contributed by atoms with Gasteiger partial charge in [0.15, 0.2) is 0 Å². The van der Waals surface area contributed by atoms with Crippen LogP contribution in [0.3, 0.4) is 0 Å². The van der Waals surface area contributed by atoms with E-state index in [1.54, 1.807) is 6.08 Å². The maximum atomic E-state index is 12.7. The Morgan fingerprint density at radius 3 is 1.83 bits per heavy atom. The van der Waals surface area contributed by atoms with Crippen molar-refractivity contribution in [2.75, 3.05) is 40.9 Å². The van der Waals surface area contributed by atoms with Gasteiger partial charge in [-0.15, -0.1) is 0 Å². The van der Waals surface area contributed by atoms with Gasteiger partial charge in [0.25, 0.3) is 7.82 Å². The summed E-state index contributed by atoms with van der Waals surface area (Å²) >= 11 is 0. The summed E-state index contributed by atoms with van der Waals surface area (Å²) in [5.41, 5.74) is 0. The largest absolute Gasteiger partial charge is 0.756 e. The predicted molar refractivity (Wildman–Crippen MR) is 196 cm³/mol. The van der Waals surface area contributed by atoms with E-state index in [9.17, 15) is 19.4 Å². The third-order valence-corrected chi connectivity index (χ3v) is 7.79. The fourth-order valence-corrected chi connectivity index (χ4v) is 4.72. The van der Waals surface area contributed by atoms with Crippen LogP contribution in [0.5, 0.6) is 0 Å². The molecular formula is C38H65N2O6P. The zero-order chi connectivity index (χ0) is 35.1. The average molecular weight is 677 g/mol. The predicted octanol–water partition coefficient (Wildman–Crippen LogP) is 8.04. The summed E-state index contributed by atoms with van der Waals surface area (Å²) in [5, 5.41) is 13.6. The van der Waals surface area contributed by atoms with Crippen molar-refractivity contribution in [1.29, 1.82) is 0 Å². The molecule has 0 aromatic rings. The summed E-state index contributed by atoms with van der Waals surface area (Å²) in [6.07, 6.45) is 39.4. The molecule has 47 heavy (non-hydrogen) atoms. The molecule has 9 heteroatoms. The van der Waals surface area contributed by atoms with Gasteiger partial charge in [0, 0.05) is 6.42 Å². The van der Waals surface area contributed by atoms with E-state index < -0.39 is 26.6 Å². The van der Waals surface area contributed by atoms with E-state index in [4.69, 9.17) is 9.05 Å². The van der Waals surface area contributed by atoms with E-state index in [-0.39, 0.29) is 18.9 Å². The molecule has 0 rings (SSSR count). The molecule has 0 fully saturated rings. The van der Waals surface area contributed by atoms with Crippen LogP contribution in [0.25, 0.3) is 0 Å². The van der Waals surface area contributed by atoms with Gasteiger partial charge in [-0.1, -0.05) is 112 Å². The van der Waals surface area contributed by atoms with E-state index in [1.807, 2.05) is 39.4 Å². The minimum absolute atomic E-state index is 0.0265. The molecule has 0 saturated carbocycles. The highest BCUT2D eigenvalue weighted by molar-refractivity contribution is 7.45. The first-order chi connectivity index (χ1) is 22.5. The zero-order valence-electron chi connectivity index (χ0n) is 29.9. The van der Waals surface area contributed by atoms with Crippen molar-refractivity contribution < 1.29 is 32.9 Å². The van der Waals surface area contributed by atoms with E-state index in [1.165, 1.54) is 12.8 Å². The topological polar surface area (TPSA) is 108 Å². The Kier molecular flexibility index (Phi) is 28.3. The first-order valence-corrected chi connectivity index (χ1v) is 18.9. The lowest BCUT2D eigenvalue weighted by molar-refractivity contribution is -0.870. The minimum atomic E-state index is -4.61. The monoisotopic (exact) mass is 676 g/mol. The van der Waals surface area contributed by atoms with Gasteiger partial charge in [-0.25, -0.2) is 0 Å². The lowest BCUT2D eigenvalue weighted by atomic mass is 10.1. The number of hydrogen-bond donors (Lipinski definition) is 2. The van der Waals surface area contributed by atoms with Crippen molar-refractivity contribution in [1.82, 2.24) is 5.32 Å². The van der Waals surface area contributed by atoms with E-state index in [0.29, 0.717) is 23.9 Å². The summed E-state index contributed by atoms with van der Waals surface area (Å²) in [6, 6.07) is -0.949. The number of phosphoric ester groups is 1. The van der Waals surface area contributed by atoms with E-state index in [0.717, 1.165) is 51.4 Å². The van der Waals surface area contributed by atoms with Crippen molar-refractivity contribution in [3.8, 4) is 0 Å². The SMILES string of the molecule is CC/C=C\C/C=C\C/C=C\C/C=C\CCC(=O)NC(COP(=O)([O-])OCC[N+](C)(C)C)C(O)/C=C/CC/C=C/CC/C=C/CCCC. The molecule has 8 nitrogen and oxygen atoms in total. The number of nitrogens with zero attached hydrogens (tertiary/aromatic N) is 1. The summed E-state index contributed by atoms with van der Waals surface area (Å²) in [5.74, 6) is -0.299. The Hall–Kier alpha value is -2.32. The van der Waals surface area contributed by atoms with Gasteiger partial charge in [0.1, 0.15) is 13.2 Å². The summed E-state index contributed by atoms with van der Waals surface area (Å²) in [7, 11) is 1.17. The molecule has 0 saturated heterocycles. The second-order valence-corrected chi connectivity index (χ2v) is 13.9. The number of unbranched alkanes of at least 4 members (excludes halogenated alkanes) is 4. The molecule has 268 valence electrons. The Morgan fingerprint density at radius 1 is 0.766 bits per heavy atom. The normalized spacial score (nSPS) is 15.8. The molecular weight excluding hydrogens is 611 g/mol. The average Bonchev–Trinajstić information content (AvgIpc) is 3.01. The summed E-state index contributed by atoms with van der Waals surface area (Å²) < 4.78 is 22.9. The van der Waals surface area contributed by atoms with Crippen molar-refractivity contribution in [2.45, 2.75) is 109 Å². The van der Waals surface area contributed by atoms with Gasteiger partial charge in [0.05, 0.1) is 39.9 Å². The number of aliphatic hydroxyl groups excluding tert-OH is 1. The smallest absolute Gasteiger partial charge is 0.268 e. The minimum Gasteiger partial charge on any atom is -0.756 e. The Labute approximate surface area is 286 Å². The summed E-state index contributed by atoms with van der Waals surface area (Å²) in [4.78, 5) is 25.0. The first-order valence-electron chi connectivity index (χ1n) is 17.4. The van der Waals surface area contributed by atoms with E-state index in [2.05, 4.69) is 79.9 Å². The van der Waals surface area contributed by atoms with Crippen LogP contribution in [-0.4, -0.2) is 68.5 Å². The summed E-state index contributed by atoms with van der Waals surface area (Å²) in [6.45, 7) is 4.33. The second-order valence-electron chi connectivity index (χ2n) is 12.5. The molecule has 1 amide bonds. The maximum absolute atomic E-state index is 12.7. The highest BCUT2D eigenvalue weighted by Gasteiger charge is 2.23.